The van der Waals surface area contributed by atoms with Crippen LogP contribution in [0.5, 0.6) is 5.75 Å². The van der Waals surface area contributed by atoms with Crippen LogP contribution in [0.4, 0.5) is 0 Å². The van der Waals surface area contributed by atoms with Gasteiger partial charge in [-0.15, -0.1) is 0 Å². The Hall–Kier alpha value is -2.72. The van der Waals surface area contributed by atoms with Crippen LogP contribution in [0.15, 0.2) is 53.2 Å². The minimum absolute atomic E-state index is 0.101. The Balaban J connectivity index is 1.96. The summed E-state index contributed by atoms with van der Waals surface area (Å²) in [5.41, 5.74) is 4.39. The van der Waals surface area contributed by atoms with Gasteiger partial charge in [-0.3, -0.25) is 4.79 Å². The number of hydrogen-bond acceptors (Lipinski definition) is 3. The highest BCUT2D eigenvalue weighted by Crippen LogP contribution is 2.37. The highest BCUT2D eigenvalue weighted by molar-refractivity contribution is 6.30. The van der Waals surface area contributed by atoms with Crippen LogP contribution in [0.1, 0.15) is 32.8 Å². The smallest absolute Gasteiger partial charge is 0.244 e. The zero-order valence-electron chi connectivity index (χ0n) is 17.2. The molecular weight excluding hydrogens is 386 g/mol. The molecular formula is C24H26ClNO3. The van der Waals surface area contributed by atoms with E-state index in [1.807, 2.05) is 43.3 Å². The number of furan rings is 1. The van der Waals surface area contributed by atoms with Gasteiger partial charge in [-0.1, -0.05) is 37.6 Å². The van der Waals surface area contributed by atoms with Crippen LogP contribution < -0.4 is 10.1 Å². The van der Waals surface area contributed by atoms with Gasteiger partial charge < -0.3 is 14.5 Å². The standard InChI is InChI=1S/C24H26ClNO3/c1-15(2)9-10-26-24(27)11-16(3)19-12-20-21(17-5-7-18(25)8-6-17)14-29-23(20)13-22(19)28-4/h5-8,11-15H,9-10H2,1-4H3,(H,26,27)/b16-11+. The molecule has 5 heteroatoms. The van der Waals surface area contributed by atoms with Gasteiger partial charge in [0.2, 0.25) is 5.91 Å². The average Bonchev–Trinajstić information content (AvgIpc) is 3.10. The number of ether oxygens (including phenoxy) is 1. The Labute approximate surface area is 176 Å². The maximum absolute atomic E-state index is 12.3. The van der Waals surface area contributed by atoms with Crippen LogP contribution in [0, 0.1) is 5.92 Å². The molecule has 0 radical (unpaired) electrons. The van der Waals surface area contributed by atoms with Crippen LogP contribution in [0.25, 0.3) is 27.7 Å². The molecule has 0 spiro atoms. The molecule has 29 heavy (non-hydrogen) atoms. The van der Waals surface area contributed by atoms with Crippen molar-refractivity contribution in [2.24, 2.45) is 5.92 Å². The van der Waals surface area contributed by atoms with Crippen LogP contribution in [-0.2, 0) is 4.79 Å². The van der Waals surface area contributed by atoms with Crippen LogP contribution in [0.2, 0.25) is 5.02 Å². The van der Waals surface area contributed by atoms with E-state index in [2.05, 4.69) is 19.2 Å². The first-order valence-corrected chi connectivity index (χ1v) is 10.1. The molecule has 0 aliphatic heterocycles. The Bertz CT molecular complexity index is 1030. The highest BCUT2D eigenvalue weighted by Gasteiger charge is 2.15. The number of carbonyl (C=O) groups is 1. The third-order valence-electron chi connectivity index (χ3n) is 4.84. The first-order valence-electron chi connectivity index (χ1n) is 9.70. The monoisotopic (exact) mass is 411 g/mol. The van der Waals surface area contributed by atoms with Gasteiger partial charge in [-0.2, -0.15) is 0 Å². The molecule has 0 saturated carbocycles. The minimum atomic E-state index is -0.101. The summed E-state index contributed by atoms with van der Waals surface area (Å²) in [6.07, 6.45) is 4.30. The number of rotatable bonds is 7. The Morgan fingerprint density at radius 1 is 1.24 bits per heavy atom. The zero-order valence-corrected chi connectivity index (χ0v) is 18.0. The SMILES string of the molecule is COc1cc2occ(-c3ccc(Cl)cc3)c2cc1/C(C)=C/C(=O)NCCC(C)C. The van der Waals surface area contributed by atoms with E-state index in [-0.39, 0.29) is 5.91 Å². The molecule has 1 amide bonds. The summed E-state index contributed by atoms with van der Waals surface area (Å²) < 4.78 is 11.3. The number of halogens is 1. The molecule has 4 nitrogen and oxygen atoms in total. The molecule has 0 saturated heterocycles. The molecule has 1 heterocycles. The minimum Gasteiger partial charge on any atom is -0.496 e. The summed E-state index contributed by atoms with van der Waals surface area (Å²) in [5.74, 6) is 1.11. The maximum atomic E-state index is 12.3. The van der Waals surface area contributed by atoms with E-state index in [0.717, 1.165) is 39.7 Å². The van der Waals surface area contributed by atoms with Crippen molar-refractivity contribution in [2.45, 2.75) is 27.2 Å². The summed E-state index contributed by atoms with van der Waals surface area (Å²) in [7, 11) is 1.61. The van der Waals surface area contributed by atoms with E-state index in [1.54, 1.807) is 19.4 Å². The van der Waals surface area contributed by atoms with Crippen molar-refractivity contribution in [1.82, 2.24) is 5.32 Å². The second-order valence-corrected chi connectivity index (χ2v) is 7.94. The van der Waals surface area contributed by atoms with Crippen molar-refractivity contribution in [3.63, 3.8) is 0 Å². The normalized spacial score (nSPS) is 11.9. The fourth-order valence-electron chi connectivity index (χ4n) is 3.19. The number of benzene rings is 2. The topological polar surface area (TPSA) is 51.5 Å². The van der Waals surface area contributed by atoms with E-state index in [1.165, 1.54) is 0 Å². The van der Waals surface area contributed by atoms with Crippen LogP contribution in [0.3, 0.4) is 0 Å². The second kappa shape index (κ2) is 9.19. The molecule has 0 fully saturated rings. The summed E-state index contributed by atoms with van der Waals surface area (Å²) in [4.78, 5) is 12.3. The van der Waals surface area contributed by atoms with E-state index in [4.69, 9.17) is 20.8 Å². The van der Waals surface area contributed by atoms with Gasteiger partial charge in [0.1, 0.15) is 11.3 Å². The van der Waals surface area contributed by atoms with Gasteiger partial charge in [-0.25, -0.2) is 0 Å². The summed E-state index contributed by atoms with van der Waals surface area (Å²) in [6, 6.07) is 11.5. The molecule has 3 rings (SSSR count). The number of amides is 1. The third-order valence-corrected chi connectivity index (χ3v) is 5.10. The second-order valence-electron chi connectivity index (χ2n) is 7.51. The molecule has 0 aliphatic rings. The van der Waals surface area contributed by atoms with E-state index >= 15 is 0 Å². The summed E-state index contributed by atoms with van der Waals surface area (Å²) in [6.45, 7) is 6.85. The fraction of sp³-hybridized carbons (Fsp3) is 0.292. The third kappa shape index (κ3) is 5.01. The molecule has 0 aliphatic carbocycles. The zero-order chi connectivity index (χ0) is 21.0. The van der Waals surface area contributed by atoms with E-state index in [9.17, 15) is 4.79 Å². The number of allylic oxidation sites excluding steroid dienone is 1. The molecule has 0 atom stereocenters. The Kier molecular flexibility index (Phi) is 6.65. The molecule has 0 bridgehead atoms. The quantitative estimate of drug-likeness (QED) is 0.462. The highest BCUT2D eigenvalue weighted by atomic mass is 35.5. The lowest BCUT2D eigenvalue weighted by atomic mass is 9.99. The van der Waals surface area contributed by atoms with Crippen molar-refractivity contribution >= 4 is 34.1 Å². The summed E-state index contributed by atoms with van der Waals surface area (Å²) >= 11 is 6.01. The number of nitrogens with one attached hydrogen (secondary N) is 1. The van der Waals surface area contributed by atoms with Gasteiger partial charge >= 0.3 is 0 Å². The van der Waals surface area contributed by atoms with Gasteiger partial charge in [0.15, 0.2) is 0 Å². The largest absolute Gasteiger partial charge is 0.496 e. The molecule has 3 aromatic rings. The number of fused-ring (bicyclic) bond motifs is 1. The fourth-order valence-corrected chi connectivity index (χ4v) is 3.32. The van der Waals surface area contributed by atoms with Gasteiger partial charge in [0, 0.05) is 40.2 Å². The lowest BCUT2D eigenvalue weighted by molar-refractivity contribution is -0.116. The number of hydrogen-bond donors (Lipinski definition) is 1. The van der Waals surface area contributed by atoms with E-state index in [0.29, 0.717) is 23.2 Å². The first-order chi connectivity index (χ1) is 13.9. The number of methoxy groups -OCH3 is 1. The predicted octanol–water partition coefficient (Wildman–Crippen LogP) is 6.33. The molecule has 1 aromatic heterocycles. The van der Waals surface area contributed by atoms with Crippen LogP contribution >= 0.6 is 11.6 Å². The molecule has 2 aromatic carbocycles. The molecule has 0 unspecified atom stereocenters. The number of carbonyl (C=O) groups excluding carboxylic acids is 1. The van der Waals surface area contributed by atoms with Crippen molar-refractivity contribution in [3.8, 4) is 16.9 Å². The van der Waals surface area contributed by atoms with E-state index < -0.39 is 0 Å². The van der Waals surface area contributed by atoms with Crippen molar-refractivity contribution in [2.75, 3.05) is 13.7 Å². The van der Waals surface area contributed by atoms with Crippen molar-refractivity contribution in [3.05, 3.63) is 59.3 Å². The Morgan fingerprint density at radius 3 is 2.62 bits per heavy atom. The lowest BCUT2D eigenvalue weighted by Gasteiger charge is -2.10. The Morgan fingerprint density at radius 2 is 1.97 bits per heavy atom. The summed E-state index contributed by atoms with van der Waals surface area (Å²) in [5, 5.41) is 4.58. The maximum Gasteiger partial charge on any atom is 0.244 e. The molecule has 1 N–H and O–H groups in total. The van der Waals surface area contributed by atoms with Crippen molar-refractivity contribution < 1.29 is 13.9 Å². The molecule has 152 valence electrons. The van der Waals surface area contributed by atoms with Crippen LogP contribution in [-0.4, -0.2) is 19.6 Å². The lowest BCUT2D eigenvalue weighted by Crippen LogP contribution is -2.23. The average molecular weight is 412 g/mol. The predicted molar refractivity (Wildman–Crippen MR) is 119 cm³/mol. The van der Waals surface area contributed by atoms with Gasteiger partial charge in [-0.05, 0) is 48.6 Å². The van der Waals surface area contributed by atoms with Crippen molar-refractivity contribution in [1.29, 1.82) is 0 Å². The van der Waals surface area contributed by atoms with Gasteiger partial charge in [0.25, 0.3) is 0 Å². The first kappa shape index (κ1) is 21.0. The van der Waals surface area contributed by atoms with Gasteiger partial charge in [0.05, 0.1) is 13.4 Å².